The van der Waals surface area contributed by atoms with Crippen LogP contribution in [-0.4, -0.2) is 47.1 Å². The third-order valence-corrected chi connectivity index (χ3v) is 3.27. The molecule has 0 aromatic heterocycles. The van der Waals surface area contributed by atoms with Crippen molar-refractivity contribution in [3.63, 3.8) is 0 Å². The number of thioether (sulfide) groups is 1. The Labute approximate surface area is 83.5 Å². The fourth-order valence-corrected chi connectivity index (χ4v) is 2.33. The van der Waals surface area contributed by atoms with Gasteiger partial charge in [0.15, 0.2) is 0 Å². The summed E-state index contributed by atoms with van der Waals surface area (Å²) in [7, 11) is 0. The number of aliphatic hydroxyl groups excluding tert-OH is 2. The molecule has 0 aromatic rings. The second kappa shape index (κ2) is 6.65. The van der Waals surface area contributed by atoms with Crippen LogP contribution in [0.1, 0.15) is 19.3 Å². The summed E-state index contributed by atoms with van der Waals surface area (Å²) in [6, 6.07) is 0. The first kappa shape index (κ1) is 11.3. The molecule has 4 heteroatoms. The standard InChI is InChI=1S/C9H18O3S/c10-6-8(11)7-13-5-3-9-2-1-4-12-9/h8-11H,1-7H2. The largest absolute Gasteiger partial charge is 0.394 e. The van der Waals surface area contributed by atoms with Crippen LogP contribution in [0.5, 0.6) is 0 Å². The van der Waals surface area contributed by atoms with Gasteiger partial charge in [0.1, 0.15) is 0 Å². The lowest BCUT2D eigenvalue weighted by Gasteiger charge is -2.09. The molecular formula is C9H18O3S. The summed E-state index contributed by atoms with van der Waals surface area (Å²) in [4.78, 5) is 0. The van der Waals surface area contributed by atoms with Crippen LogP contribution in [0.15, 0.2) is 0 Å². The maximum Gasteiger partial charge on any atom is 0.0861 e. The molecule has 0 amide bonds. The van der Waals surface area contributed by atoms with E-state index in [9.17, 15) is 0 Å². The van der Waals surface area contributed by atoms with Crippen LogP contribution in [-0.2, 0) is 4.74 Å². The summed E-state index contributed by atoms with van der Waals surface area (Å²) in [6.45, 7) is 0.779. The third kappa shape index (κ3) is 4.86. The summed E-state index contributed by atoms with van der Waals surface area (Å²) in [5, 5.41) is 17.6. The van der Waals surface area contributed by atoms with Gasteiger partial charge in [-0.3, -0.25) is 0 Å². The van der Waals surface area contributed by atoms with Gasteiger partial charge in [-0.2, -0.15) is 11.8 Å². The van der Waals surface area contributed by atoms with Crippen molar-refractivity contribution >= 4 is 11.8 Å². The maximum absolute atomic E-state index is 9.05. The van der Waals surface area contributed by atoms with Gasteiger partial charge in [0.05, 0.1) is 18.8 Å². The van der Waals surface area contributed by atoms with Crippen LogP contribution in [0, 0.1) is 0 Å². The van der Waals surface area contributed by atoms with Gasteiger partial charge < -0.3 is 14.9 Å². The van der Waals surface area contributed by atoms with Gasteiger partial charge in [0, 0.05) is 12.4 Å². The topological polar surface area (TPSA) is 49.7 Å². The summed E-state index contributed by atoms with van der Waals surface area (Å²) in [5.41, 5.74) is 0. The smallest absolute Gasteiger partial charge is 0.0861 e. The van der Waals surface area contributed by atoms with E-state index >= 15 is 0 Å². The molecule has 1 rings (SSSR count). The minimum atomic E-state index is -0.561. The first-order valence-electron chi connectivity index (χ1n) is 4.81. The summed E-state index contributed by atoms with van der Waals surface area (Å²) in [5.74, 6) is 1.64. The average molecular weight is 206 g/mol. The van der Waals surface area contributed by atoms with Gasteiger partial charge >= 0.3 is 0 Å². The fraction of sp³-hybridized carbons (Fsp3) is 1.00. The molecule has 1 fully saturated rings. The second-order valence-electron chi connectivity index (χ2n) is 3.34. The molecule has 2 N–H and O–H groups in total. The van der Waals surface area contributed by atoms with E-state index in [1.807, 2.05) is 0 Å². The molecule has 0 radical (unpaired) electrons. The van der Waals surface area contributed by atoms with Gasteiger partial charge in [-0.25, -0.2) is 0 Å². The minimum absolute atomic E-state index is 0.132. The molecule has 1 heterocycles. The Hall–Kier alpha value is 0.230. The van der Waals surface area contributed by atoms with Crippen molar-refractivity contribution in [1.82, 2.24) is 0 Å². The van der Waals surface area contributed by atoms with E-state index in [0.29, 0.717) is 11.9 Å². The lowest BCUT2D eigenvalue weighted by molar-refractivity contribution is 0.108. The molecule has 1 saturated heterocycles. The van der Waals surface area contributed by atoms with Crippen LogP contribution < -0.4 is 0 Å². The molecule has 0 spiro atoms. The Bertz CT molecular complexity index is 126. The number of hydrogen-bond acceptors (Lipinski definition) is 4. The lowest BCUT2D eigenvalue weighted by Crippen LogP contribution is -2.15. The molecule has 0 aliphatic carbocycles. The van der Waals surface area contributed by atoms with E-state index in [1.54, 1.807) is 11.8 Å². The van der Waals surface area contributed by atoms with E-state index in [4.69, 9.17) is 14.9 Å². The zero-order valence-electron chi connectivity index (χ0n) is 7.82. The number of hydrogen-bond donors (Lipinski definition) is 2. The molecule has 2 unspecified atom stereocenters. The Morgan fingerprint density at radius 1 is 1.54 bits per heavy atom. The highest BCUT2D eigenvalue weighted by molar-refractivity contribution is 7.99. The fourth-order valence-electron chi connectivity index (χ4n) is 1.36. The van der Waals surface area contributed by atoms with Crippen molar-refractivity contribution in [2.75, 3.05) is 24.7 Å². The van der Waals surface area contributed by atoms with E-state index in [1.165, 1.54) is 12.8 Å². The van der Waals surface area contributed by atoms with Gasteiger partial charge in [-0.05, 0) is 25.0 Å². The monoisotopic (exact) mass is 206 g/mol. The van der Waals surface area contributed by atoms with Gasteiger partial charge in [0.25, 0.3) is 0 Å². The third-order valence-electron chi connectivity index (χ3n) is 2.13. The van der Waals surface area contributed by atoms with Crippen LogP contribution in [0.2, 0.25) is 0 Å². The maximum atomic E-state index is 9.05. The number of rotatable bonds is 6. The first-order valence-corrected chi connectivity index (χ1v) is 5.96. The SMILES string of the molecule is OCC(O)CSCCC1CCCO1. The van der Waals surface area contributed by atoms with Crippen molar-refractivity contribution in [3.8, 4) is 0 Å². The summed E-state index contributed by atoms with van der Waals surface area (Å²) >= 11 is 1.68. The number of aliphatic hydroxyl groups is 2. The molecule has 13 heavy (non-hydrogen) atoms. The Kier molecular flexibility index (Phi) is 5.78. The molecule has 0 bridgehead atoms. The first-order chi connectivity index (χ1) is 6.33. The van der Waals surface area contributed by atoms with Crippen molar-refractivity contribution in [2.45, 2.75) is 31.5 Å². The van der Waals surface area contributed by atoms with Crippen molar-refractivity contribution in [3.05, 3.63) is 0 Å². The second-order valence-corrected chi connectivity index (χ2v) is 4.48. The number of ether oxygens (including phenoxy) is 1. The molecule has 78 valence electrons. The van der Waals surface area contributed by atoms with Crippen molar-refractivity contribution < 1.29 is 14.9 Å². The van der Waals surface area contributed by atoms with Crippen LogP contribution in [0.25, 0.3) is 0 Å². The van der Waals surface area contributed by atoms with E-state index in [-0.39, 0.29) is 6.61 Å². The molecule has 3 nitrogen and oxygen atoms in total. The van der Waals surface area contributed by atoms with Gasteiger partial charge in [-0.15, -0.1) is 0 Å². The van der Waals surface area contributed by atoms with E-state index in [2.05, 4.69) is 0 Å². The molecule has 0 saturated carbocycles. The normalized spacial score (nSPS) is 24.9. The minimum Gasteiger partial charge on any atom is -0.394 e. The quantitative estimate of drug-likeness (QED) is 0.626. The van der Waals surface area contributed by atoms with Gasteiger partial charge in [-0.1, -0.05) is 0 Å². The lowest BCUT2D eigenvalue weighted by atomic mass is 10.2. The summed E-state index contributed by atoms with van der Waals surface area (Å²) in [6.07, 6.45) is 3.33. The molecule has 2 atom stereocenters. The molecular weight excluding hydrogens is 188 g/mol. The zero-order chi connectivity index (χ0) is 9.52. The molecule has 1 aliphatic heterocycles. The van der Waals surface area contributed by atoms with Gasteiger partial charge in [0.2, 0.25) is 0 Å². The molecule has 1 aliphatic rings. The van der Waals surface area contributed by atoms with Crippen LogP contribution in [0.4, 0.5) is 0 Å². The Morgan fingerprint density at radius 2 is 2.38 bits per heavy atom. The van der Waals surface area contributed by atoms with Crippen LogP contribution in [0.3, 0.4) is 0 Å². The zero-order valence-corrected chi connectivity index (χ0v) is 8.63. The Balaban J connectivity index is 1.88. The van der Waals surface area contributed by atoms with E-state index < -0.39 is 6.10 Å². The van der Waals surface area contributed by atoms with E-state index in [0.717, 1.165) is 18.8 Å². The van der Waals surface area contributed by atoms with Crippen LogP contribution >= 0.6 is 11.8 Å². The highest BCUT2D eigenvalue weighted by Crippen LogP contribution is 2.17. The van der Waals surface area contributed by atoms with Crippen molar-refractivity contribution in [1.29, 1.82) is 0 Å². The average Bonchev–Trinajstić information content (AvgIpc) is 2.64. The Morgan fingerprint density at radius 3 is 3.00 bits per heavy atom. The molecule has 0 aromatic carbocycles. The highest BCUT2D eigenvalue weighted by Gasteiger charge is 2.14. The predicted molar refractivity (Wildman–Crippen MR) is 54.0 cm³/mol. The predicted octanol–water partition coefficient (Wildman–Crippen LogP) is 0.642. The van der Waals surface area contributed by atoms with Crippen molar-refractivity contribution in [2.24, 2.45) is 0 Å². The highest BCUT2D eigenvalue weighted by atomic mass is 32.2. The summed E-state index contributed by atoms with van der Waals surface area (Å²) < 4.78 is 5.46.